The van der Waals surface area contributed by atoms with Crippen LogP contribution in [0.2, 0.25) is 0 Å². The van der Waals surface area contributed by atoms with Gasteiger partial charge in [0.2, 0.25) is 5.91 Å². The molecule has 1 heterocycles. The van der Waals surface area contributed by atoms with Gasteiger partial charge in [0.25, 0.3) is 0 Å². The number of hydrogen-bond donors (Lipinski definition) is 2. The topological polar surface area (TPSA) is 50.4 Å². The fraction of sp³-hybridized carbons (Fsp3) is 0.667. The van der Waals surface area contributed by atoms with E-state index in [0.717, 1.165) is 57.2 Å². The van der Waals surface area contributed by atoms with Crippen LogP contribution in [0.1, 0.15) is 50.5 Å². The number of methoxy groups -OCH3 is 1. The van der Waals surface area contributed by atoms with Crippen LogP contribution < -0.4 is 10.6 Å². The maximum absolute atomic E-state index is 13.4. The number of benzene rings is 1. The highest BCUT2D eigenvalue weighted by molar-refractivity contribution is 5.85. The SMILES string of the molecule is COCC1(C(=O)NCC2(c3ccc(F)cc3)CCCCC2)CCNCC1.Cl. The summed E-state index contributed by atoms with van der Waals surface area (Å²) in [7, 11) is 1.66. The molecular weight excluding hydrogens is 367 g/mol. The van der Waals surface area contributed by atoms with Crippen molar-refractivity contribution in [3.8, 4) is 0 Å². The number of hydrogen-bond acceptors (Lipinski definition) is 3. The number of rotatable bonds is 6. The van der Waals surface area contributed by atoms with Crippen LogP contribution >= 0.6 is 12.4 Å². The zero-order valence-corrected chi connectivity index (χ0v) is 17.0. The fourth-order valence-corrected chi connectivity index (χ4v) is 4.66. The first-order chi connectivity index (χ1) is 12.6. The molecule has 1 saturated carbocycles. The fourth-order valence-electron chi connectivity index (χ4n) is 4.66. The first-order valence-electron chi connectivity index (χ1n) is 9.84. The van der Waals surface area contributed by atoms with Crippen molar-refractivity contribution in [2.24, 2.45) is 5.41 Å². The van der Waals surface area contributed by atoms with E-state index in [1.54, 1.807) is 7.11 Å². The highest BCUT2D eigenvalue weighted by Gasteiger charge is 2.41. The van der Waals surface area contributed by atoms with E-state index in [2.05, 4.69) is 10.6 Å². The average molecular weight is 399 g/mol. The van der Waals surface area contributed by atoms with Gasteiger partial charge in [-0.25, -0.2) is 4.39 Å². The summed E-state index contributed by atoms with van der Waals surface area (Å²) in [5.74, 6) is -0.106. The summed E-state index contributed by atoms with van der Waals surface area (Å²) in [5.41, 5.74) is 0.631. The Labute approximate surface area is 168 Å². The molecule has 1 aromatic carbocycles. The van der Waals surface area contributed by atoms with Gasteiger partial charge in [-0.05, 0) is 56.5 Å². The van der Waals surface area contributed by atoms with Crippen molar-refractivity contribution in [1.29, 1.82) is 0 Å². The molecule has 6 heteroatoms. The number of nitrogens with one attached hydrogen (secondary N) is 2. The lowest BCUT2D eigenvalue weighted by molar-refractivity contribution is -0.136. The van der Waals surface area contributed by atoms with Gasteiger partial charge in [-0.15, -0.1) is 12.4 Å². The predicted octanol–water partition coefficient (Wildman–Crippen LogP) is 3.58. The molecule has 0 radical (unpaired) electrons. The number of piperidine rings is 1. The van der Waals surface area contributed by atoms with E-state index in [9.17, 15) is 9.18 Å². The molecule has 152 valence electrons. The molecule has 0 unspecified atom stereocenters. The van der Waals surface area contributed by atoms with Gasteiger partial charge in [-0.3, -0.25) is 4.79 Å². The number of halogens is 2. The van der Waals surface area contributed by atoms with Crippen LogP contribution in [-0.2, 0) is 14.9 Å². The summed E-state index contributed by atoms with van der Waals surface area (Å²) in [4.78, 5) is 13.1. The van der Waals surface area contributed by atoms with Crippen molar-refractivity contribution in [3.05, 3.63) is 35.6 Å². The van der Waals surface area contributed by atoms with E-state index in [1.807, 2.05) is 12.1 Å². The molecular formula is C21H32ClFN2O2. The summed E-state index contributed by atoms with van der Waals surface area (Å²) < 4.78 is 18.8. The minimum Gasteiger partial charge on any atom is -0.384 e. The molecule has 0 atom stereocenters. The van der Waals surface area contributed by atoms with Crippen molar-refractivity contribution in [2.45, 2.75) is 50.4 Å². The lowest BCUT2D eigenvalue weighted by Crippen LogP contribution is -2.53. The van der Waals surface area contributed by atoms with Gasteiger partial charge in [-0.1, -0.05) is 31.4 Å². The van der Waals surface area contributed by atoms with E-state index < -0.39 is 5.41 Å². The Hall–Kier alpha value is -1.17. The minimum absolute atomic E-state index is 0. The smallest absolute Gasteiger partial charge is 0.228 e. The molecule has 0 aromatic heterocycles. The van der Waals surface area contributed by atoms with Crippen molar-refractivity contribution in [1.82, 2.24) is 10.6 Å². The molecule has 1 aliphatic heterocycles. The van der Waals surface area contributed by atoms with Crippen LogP contribution in [0.5, 0.6) is 0 Å². The molecule has 3 rings (SSSR count). The molecule has 1 aliphatic carbocycles. The molecule has 2 N–H and O–H groups in total. The Morgan fingerprint density at radius 3 is 2.33 bits per heavy atom. The summed E-state index contributed by atoms with van der Waals surface area (Å²) >= 11 is 0. The van der Waals surface area contributed by atoms with Gasteiger partial charge in [-0.2, -0.15) is 0 Å². The number of ether oxygens (including phenoxy) is 1. The lowest BCUT2D eigenvalue weighted by atomic mass is 9.69. The van der Waals surface area contributed by atoms with Gasteiger partial charge in [0.15, 0.2) is 0 Å². The second-order valence-corrected chi connectivity index (χ2v) is 7.99. The van der Waals surface area contributed by atoms with Gasteiger partial charge in [0, 0.05) is 19.1 Å². The molecule has 27 heavy (non-hydrogen) atoms. The molecule has 1 amide bonds. The Kier molecular flexibility index (Phi) is 8.07. The largest absolute Gasteiger partial charge is 0.384 e. The summed E-state index contributed by atoms with van der Waals surface area (Å²) in [6.07, 6.45) is 7.22. The summed E-state index contributed by atoms with van der Waals surface area (Å²) in [5, 5.41) is 6.59. The Bertz CT molecular complexity index is 591. The molecule has 1 saturated heterocycles. The summed E-state index contributed by atoms with van der Waals surface area (Å²) in [6, 6.07) is 6.85. The Morgan fingerprint density at radius 1 is 1.11 bits per heavy atom. The van der Waals surface area contributed by atoms with Gasteiger partial charge in [0.1, 0.15) is 5.82 Å². The van der Waals surface area contributed by atoms with Gasteiger partial charge < -0.3 is 15.4 Å². The standard InChI is InChI=1S/C21H31FN2O2.ClH/c1-26-16-21(11-13-23-14-12-21)19(25)24-15-20(9-3-2-4-10-20)17-5-7-18(22)8-6-17;/h5-8,23H,2-4,9-16H2,1H3,(H,24,25);1H. The minimum atomic E-state index is -0.432. The van der Waals surface area contributed by atoms with E-state index >= 15 is 0 Å². The molecule has 2 aliphatic rings. The third-order valence-electron chi connectivity index (χ3n) is 6.32. The second-order valence-electron chi connectivity index (χ2n) is 7.99. The quantitative estimate of drug-likeness (QED) is 0.770. The maximum Gasteiger partial charge on any atom is 0.228 e. The predicted molar refractivity (Wildman–Crippen MR) is 108 cm³/mol. The van der Waals surface area contributed by atoms with Crippen LogP contribution in [0, 0.1) is 11.2 Å². The lowest BCUT2D eigenvalue weighted by Gasteiger charge is -2.40. The van der Waals surface area contributed by atoms with Crippen molar-refractivity contribution in [2.75, 3.05) is 33.4 Å². The molecule has 1 aromatic rings. The normalized spacial score (nSPS) is 21.1. The van der Waals surface area contributed by atoms with Crippen molar-refractivity contribution in [3.63, 3.8) is 0 Å². The van der Waals surface area contributed by atoms with E-state index in [1.165, 1.54) is 18.6 Å². The van der Waals surface area contributed by atoms with Crippen LogP contribution in [-0.4, -0.2) is 39.3 Å². The number of carbonyl (C=O) groups excluding carboxylic acids is 1. The maximum atomic E-state index is 13.4. The number of carbonyl (C=O) groups is 1. The Balaban J connectivity index is 0.00000261. The zero-order chi connectivity index (χ0) is 18.5. The molecule has 2 fully saturated rings. The van der Waals surface area contributed by atoms with Crippen LogP contribution in [0.25, 0.3) is 0 Å². The van der Waals surface area contributed by atoms with E-state index in [-0.39, 0.29) is 29.5 Å². The van der Waals surface area contributed by atoms with Crippen LogP contribution in [0.15, 0.2) is 24.3 Å². The highest BCUT2D eigenvalue weighted by atomic mass is 35.5. The monoisotopic (exact) mass is 398 g/mol. The average Bonchev–Trinajstić information content (AvgIpc) is 2.68. The second kappa shape index (κ2) is 9.85. The van der Waals surface area contributed by atoms with E-state index in [0.29, 0.717) is 13.2 Å². The number of amides is 1. The summed E-state index contributed by atoms with van der Waals surface area (Å²) in [6.45, 7) is 2.78. The molecule has 4 nitrogen and oxygen atoms in total. The highest BCUT2D eigenvalue weighted by Crippen LogP contribution is 2.39. The van der Waals surface area contributed by atoms with Crippen LogP contribution in [0.4, 0.5) is 4.39 Å². The molecule has 0 spiro atoms. The van der Waals surface area contributed by atoms with Crippen molar-refractivity contribution >= 4 is 18.3 Å². The first-order valence-corrected chi connectivity index (χ1v) is 9.84. The Morgan fingerprint density at radius 2 is 1.74 bits per heavy atom. The van der Waals surface area contributed by atoms with E-state index in [4.69, 9.17) is 4.74 Å². The zero-order valence-electron chi connectivity index (χ0n) is 16.2. The van der Waals surface area contributed by atoms with Gasteiger partial charge >= 0.3 is 0 Å². The third kappa shape index (κ3) is 5.01. The van der Waals surface area contributed by atoms with Crippen LogP contribution in [0.3, 0.4) is 0 Å². The third-order valence-corrected chi connectivity index (χ3v) is 6.32. The van der Waals surface area contributed by atoms with Crippen molar-refractivity contribution < 1.29 is 13.9 Å². The first kappa shape index (κ1) is 22.1. The van der Waals surface area contributed by atoms with Gasteiger partial charge in [0.05, 0.1) is 12.0 Å². The molecule has 0 bridgehead atoms.